The van der Waals surface area contributed by atoms with Gasteiger partial charge >= 0.3 is 12.1 Å². The molecule has 1 aromatic heterocycles. The van der Waals surface area contributed by atoms with E-state index in [0.29, 0.717) is 43.1 Å². The summed E-state index contributed by atoms with van der Waals surface area (Å²) in [4.78, 5) is 27.0. The fraction of sp³-hybridized carbons (Fsp3) is 0.469. The Morgan fingerprint density at radius 2 is 1.79 bits per heavy atom. The zero-order valence-corrected chi connectivity index (χ0v) is 24.5. The summed E-state index contributed by atoms with van der Waals surface area (Å²) in [7, 11) is 0. The van der Waals surface area contributed by atoms with E-state index >= 15 is 0 Å². The first-order chi connectivity index (χ1) is 20.0. The molecule has 226 valence electrons. The number of carbonyl (C=O) groups excluding carboxylic acids is 2. The first-order valence-corrected chi connectivity index (χ1v) is 14.4. The second kappa shape index (κ2) is 13.4. The number of ether oxygens (including phenoxy) is 2. The summed E-state index contributed by atoms with van der Waals surface area (Å²) in [6.07, 6.45) is 0.753. The number of aromatic nitrogens is 2. The van der Waals surface area contributed by atoms with Gasteiger partial charge in [-0.15, -0.1) is 0 Å². The number of alkyl halides is 3. The largest absolute Gasteiger partial charge is 0.486 e. The molecule has 0 N–H and O–H groups in total. The number of amides is 1. The lowest BCUT2D eigenvalue weighted by atomic mass is 9.94. The third kappa shape index (κ3) is 7.52. The Morgan fingerprint density at radius 3 is 2.38 bits per heavy atom. The highest BCUT2D eigenvalue weighted by Crippen LogP contribution is 2.33. The molecule has 2 aromatic carbocycles. The molecule has 0 radical (unpaired) electrons. The van der Waals surface area contributed by atoms with Gasteiger partial charge in [-0.2, -0.15) is 18.3 Å². The van der Waals surface area contributed by atoms with Crippen molar-refractivity contribution < 1.29 is 32.2 Å². The number of likely N-dealkylation sites (tertiary alicyclic amines) is 1. The average molecular weight is 586 g/mol. The van der Waals surface area contributed by atoms with E-state index in [1.807, 2.05) is 43.0 Å². The average Bonchev–Trinajstić information content (AvgIpc) is 3.43. The van der Waals surface area contributed by atoms with Gasteiger partial charge in [-0.25, -0.2) is 4.68 Å². The molecule has 2 atom stereocenters. The van der Waals surface area contributed by atoms with Crippen molar-refractivity contribution in [3.05, 3.63) is 76.6 Å². The molecule has 1 saturated heterocycles. The van der Waals surface area contributed by atoms with Crippen LogP contribution in [0.1, 0.15) is 84.7 Å². The number of hydrogen-bond donors (Lipinski definition) is 0. The van der Waals surface area contributed by atoms with Crippen molar-refractivity contribution in [2.45, 2.75) is 72.1 Å². The quantitative estimate of drug-likeness (QED) is 0.235. The first kappa shape index (κ1) is 31.1. The number of aryl methyl sites for hydroxylation is 2. The highest BCUT2D eigenvalue weighted by atomic mass is 19.4. The van der Waals surface area contributed by atoms with Gasteiger partial charge in [-0.1, -0.05) is 25.5 Å². The van der Waals surface area contributed by atoms with Gasteiger partial charge in [0.1, 0.15) is 11.9 Å². The van der Waals surface area contributed by atoms with E-state index in [-0.39, 0.29) is 23.9 Å². The lowest BCUT2D eigenvalue weighted by molar-refractivity contribution is -0.144. The van der Waals surface area contributed by atoms with Crippen molar-refractivity contribution in [2.24, 2.45) is 5.92 Å². The molecule has 1 aliphatic heterocycles. The Balaban J connectivity index is 1.46. The number of benzene rings is 2. The maximum atomic E-state index is 13.2. The second-order valence-electron chi connectivity index (χ2n) is 10.9. The Morgan fingerprint density at radius 1 is 1.10 bits per heavy atom. The maximum Gasteiger partial charge on any atom is 0.419 e. The normalized spacial score (nSPS) is 16.3. The van der Waals surface area contributed by atoms with E-state index in [1.165, 1.54) is 4.68 Å². The summed E-state index contributed by atoms with van der Waals surface area (Å²) in [6.45, 7) is 9.03. The lowest BCUT2D eigenvalue weighted by Gasteiger charge is -2.32. The molecule has 1 amide bonds. The molecule has 1 fully saturated rings. The summed E-state index contributed by atoms with van der Waals surface area (Å²) in [5.41, 5.74) is 2.76. The molecule has 0 aliphatic carbocycles. The molecule has 3 aromatic rings. The minimum absolute atomic E-state index is 0.0581. The third-order valence-corrected chi connectivity index (χ3v) is 7.53. The maximum absolute atomic E-state index is 13.2. The Bertz CT molecular complexity index is 1360. The topological polar surface area (TPSA) is 73.7 Å². The zero-order chi connectivity index (χ0) is 30.4. The standard InChI is InChI=1S/C32H38F3N3O4/c1-5-8-28(42-27-15-21(3)30(22(4)16-27)38-20-26(18-36-38)32(33,34)35)24-10-12-25(13-11-24)31(40)37-14-7-9-23(19-37)17-29(39)41-6-2/h10-13,15-16,18,20,23,28H,5-9,14,17,19H2,1-4H3/t23?,28-/m0/s1. The molecular weight excluding hydrogens is 547 g/mol. The molecule has 2 heterocycles. The molecule has 0 bridgehead atoms. The van der Waals surface area contributed by atoms with Crippen LogP contribution in [0.5, 0.6) is 5.75 Å². The zero-order valence-electron chi connectivity index (χ0n) is 24.5. The number of carbonyl (C=O) groups is 2. The van der Waals surface area contributed by atoms with E-state index in [9.17, 15) is 22.8 Å². The number of halogens is 3. The summed E-state index contributed by atoms with van der Waals surface area (Å²) >= 11 is 0. The van der Waals surface area contributed by atoms with Crippen LogP contribution >= 0.6 is 0 Å². The van der Waals surface area contributed by atoms with Crippen LogP contribution in [0, 0.1) is 19.8 Å². The van der Waals surface area contributed by atoms with Crippen LogP contribution in [0.15, 0.2) is 48.8 Å². The van der Waals surface area contributed by atoms with Gasteiger partial charge in [0.25, 0.3) is 5.91 Å². The molecule has 1 aliphatic rings. The molecule has 10 heteroatoms. The van der Waals surface area contributed by atoms with E-state index in [2.05, 4.69) is 12.0 Å². The van der Waals surface area contributed by atoms with E-state index in [1.54, 1.807) is 19.1 Å². The van der Waals surface area contributed by atoms with Crippen LogP contribution in [0.4, 0.5) is 13.2 Å². The summed E-state index contributed by atoms with van der Waals surface area (Å²) < 4.78 is 52.0. The summed E-state index contributed by atoms with van der Waals surface area (Å²) in [5.74, 6) is 0.426. The smallest absolute Gasteiger partial charge is 0.419 e. The van der Waals surface area contributed by atoms with Crippen LogP contribution in [-0.2, 0) is 15.7 Å². The minimum atomic E-state index is -4.46. The Hall–Kier alpha value is -3.82. The minimum Gasteiger partial charge on any atom is -0.486 e. The van der Waals surface area contributed by atoms with Crippen molar-refractivity contribution >= 4 is 11.9 Å². The lowest BCUT2D eigenvalue weighted by Crippen LogP contribution is -2.40. The highest BCUT2D eigenvalue weighted by Gasteiger charge is 2.32. The van der Waals surface area contributed by atoms with Gasteiger partial charge < -0.3 is 14.4 Å². The molecule has 4 rings (SSSR count). The van der Waals surface area contributed by atoms with Crippen LogP contribution in [-0.4, -0.2) is 46.3 Å². The van der Waals surface area contributed by atoms with E-state index in [4.69, 9.17) is 9.47 Å². The van der Waals surface area contributed by atoms with Crippen molar-refractivity contribution in [1.29, 1.82) is 0 Å². The van der Waals surface area contributed by atoms with Crippen LogP contribution in [0.25, 0.3) is 5.69 Å². The van der Waals surface area contributed by atoms with Gasteiger partial charge in [0.05, 0.1) is 30.5 Å². The molecule has 0 saturated carbocycles. The molecule has 0 spiro atoms. The van der Waals surface area contributed by atoms with Gasteiger partial charge in [-0.3, -0.25) is 9.59 Å². The van der Waals surface area contributed by atoms with Crippen molar-refractivity contribution in [1.82, 2.24) is 14.7 Å². The molecule has 1 unspecified atom stereocenters. The predicted molar refractivity (Wildman–Crippen MR) is 153 cm³/mol. The van der Waals surface area contributed by atoms with Crippen LogP contribution in [0.2, 0.25) is 0 Å². The molecule has 42 heavy (non-hydrogen) atoms. The SMILES string of the molecule is CCC[C@H](Oc1cc(C)c(-n2cc(C(F)(F)F)cn2)c(C)c1)c1ccc(C(=O)N2CCCC(CC(=O)OCC)C2)cc1. The highest BCUT2D eigenvalue weighted by molar-refractivity contribution is 5.94. The first-order valence-electron chi connectivity index (χ1n) is 14.4. The third-order valence-electron chi connectivity index (χ3n) is 7.53. The fourth-order valence-corrected chi connectivity index (χ4v) is 5.55. The molecular formula is C32H38F3N3O4. The monoisotopic (exact) mass is 585 g/mol. The molecule has 7 nitrogen and oxygen atoms in total. The number of nitrogens with zero attached hydrogens (tertiary/aromatic N) is 3. The number of hydrogen-bond acceptors (Lipinski definition) is 5. The number of piperidine rings is 1. The van der Waals surface area contributed by atoms with Crippen molar-refractivity contribution in [2.75, 3.05) is 19.7 Å². The fourth-order valence-electron chi connectivity index (χ4n) is 5.55. The Kier molecular flexibility index (Phi) is 9.96. The van der Waals surface area contributed by atoms with Crippen molar-refractivity contribution in [3.8, 4) is 11.4 Å². The van der Waals surface area contributed by atoms with Crippen LogP contribution < -0.4 is 4.74 Å². The van der Waals surface area contributed by atoms with E-state index < -0.39 is 11.7 Å². The number of esters is 1. The van der Waals surface area contributed by atoms with Gasteiger partial charge in [-0.05, 0) is 86.9 Å². The van der Waals surface area contributed by atoms with Gasteiger partial charge in [0, 0.05) is 24.8 Å². The predicted octanol–water partition coefficient (Wildman–Crippen LogP) is 7.23. The van der Waals surface area contributed by atoms with E-state index in [0.717, 1.165) is 54.8 Å². The van der Waals surface area contributed by atoms with Gasteiger partial charge in [0.2, 0.25) is 0 Å². The van der Waals surface area contributed by atoms with Crippen molar-refractivity contribution in [3.63, 3.8) is 0 Å². The second-order valence-corrected chi connectivity index (χ2v) is 10.9. The summed E-state index contributed by atoms with van der Waals surface area (Å²) in [5, 5.41) is 3.93. The van der Waals surface area contributed by atoms with Crippen LogP contribution in [0.3, 0.4) is 0 Å². The van der Waals surface area contributed by atoms with Gasteiger partial charge in [0.15, 0.2) is 0 Å². The number of rotatable bonds is 10. The Labute approximate surface area is 244 Å². The summed E-state index contributed by atoms with van der Waals surface area (Å²) in [6, 6.07) is 11.1.